The molecule has 2 aromatic heterocycles. The molecule has 6 heteroatoms. The van der Waals surface area contributed by atoms with Crippen molar-refractivity contribution in [3.8, 4) is 0 Å². The lowest BCUT2D eigenvalue weighted by molar-refractivity contribution is 0.0921. The van der Waals surface area contributed by atoms with Crippen molar-refractivity contribution in [3.63, 3.8) is 0 Å². The SMILES string of the molecule is CC(=O)c1[nH]c(C)c(C(=O)NC(c2nccn2C)C(C)C)c1C. The second kappa shape index (κ2) is 6.40. The van der Waals surface area contributed by atoms with Crippen LogP contribution in [0.1, 0.15) is 64.7 Å². The van der Waals surface area contributed by atoms with Crippen molar-refractivity contribution in [1.29, 1.82) is 0 Å². The highest BCUT2D eigenvalue weighted by Gasteiger charge is 2.26. The van der Waals surface area contributed by atoms with Crippen molar-refractivity contribution in [2.75, 3.05) is 0 Å². The number of rotatable bonds is 5. The molecule has 124 valence electrons. The third-order valence-corrected chi connectivity index (χ3v) is 4.11. The second-order valence-electron chi connectivity index (χ2n) is 6.27. The van der Waals surface area contributed by atoms with Crippen LogP contribution in [0.15, 0.2) is 12.4 Å². The first-order valence-electron chi connectivity index (χ1n) is 7.72. The third kappa shape index (κ3) is 3.21. The van der Waals surface area contributed by atoms with Gasteiger partial charge in [-0.1, -0.05) is 13.8 Å². The number of nitrogens with zero attached hydrogens (tertiary/aromatic N) is 2. The first-order valence-corrected chi connectivity index (χ1v) is 7.72. The fraction of sp³-hybridized carbons (Fsp3) is 0.471. The highest BCUT2D eigenvalue weighted by molar-refractivity contribution is 6.02. The molecule has 0 aliphatic carbocycles. The van der Waals surface area contributed by atoms with E-state index in [-0.39, 0.29) is 23.7 Å². The molecular weight excluding hydrogens is 292 g/mol. The van der Waals surface area contributed by atoms with Crippen LogP contribution in [0.5, 0.6) is 0 Å². The number of H-pyrrole nitrogens is 1. The molecule has 0 bridgehead atoms. The van der Waals surface area contributed by atoms with E-state index in [1.165, 1.54) is 6.92 Å². The fourth-order valence-electron chi connectivity index (χ4n) is 2.86. The zero-order valence-electron chi connectivity index (χ0n) is 14.5. The number of nitrogens with one attached hydrogen (secondary N) is 2. The van der Waals surface area contributed by atoms with E-state index < -0.39 is 0 Å². The molecule has 0 radical (unpaired) electrons. The average Bonchev–Trinajstić information content (AvgIpc) is 2.99. The summed E-state index contributed by atoms with van der Waals surface area (Å²) in [5.41, 5.74) is 2.42. The lowest BCUT2D eigenvalue weighted by Crippen LogP contribution is -2.34. The Morgan fingerprint density at radius 3 is 2.39 bits per heavy atom. The second-order valence-corrected chi connectivity index (χ2v) is 6.27. The van der Waals surface area contributed by atoms with E-state index in [0.29, 0.717) is 22.5 Å². The van der Waals surface area contributed by atoms with E-state index in [0.717, 1.165) is 5.82 Å². The fourth-order valence-corrected chi connectivity index (χ4v) is 2.86. The molecule has 0 spiro atoms. The van der Waals surface area contributed by atoms with E-state index in [1.54, 1.807) is 20.0 Å². The topological polar surface area (TPSA) is 79.8 Å². The molecule has 0 fully saturated rings. The van der Waals surface area contributed by atoms with Crippen LogP contribution in [0.4, 0.5) is 0 Å². The zero-order valence-corrected chi connectivity index (χ0v) is 14.5. The Morgan fingerprint density at radius 1 is 1.30 bits per heavy atom. The van der Waals surface area contributed by atoms with Crippen molar-refractivity contribution in [2.45, 2.75) is 40.7 Å². The maximum Gasteiger partial charge on any atom is 0.253 e. The summed E-state index contributed by atoms with van der Waals surface area (Å²) in [5, 5.41) is 3.06. The largest absolute Gasteiger partial charge is 0.355 e. The minimum absolute atomic E-state index is 0.0749. The van der Waals surface area contributed by atoms with Gasteiger partial charge in [0.1, 0.15) is 5.82 Å². The molecule has 0 saturated carbocycles. The molecule has 1 atom stereocenters. The molecule has 2 rings (SSSR count). The third-order valence-electron chi connectivity index (χ3n) is 4.11. The maximum absolute atomic E-state index is 12.8. The smallest absolute Gasteiger partial charge is 0.253 e. The van der Waals surface area contributed by atoms with Crippen LogP contribution in [0.2, 0.25) is 0 Å². The first-order chi connectivity index (χ1) is 10.7. The van der Waals surface area contributed by atoms with E-state index in [4.69, 9.17) is 0 Å². The molecule has 23 heavy (non-hydrogen) atoms. The predicted molar refractivity (Wildman–Crippen MR) is 88.5 cm³/mol. The summed E-state index contributed by atoms with van der Waals surface area (Å²) in [6, 6.07) is -0.197. The number of amides is 1. The molecule has 0 aromatic carbocycles. The number of hydrogen-bond acceptors (Lipinski definition) is 3. The van der Waals surface area contributed by atoms with E-state index in [1.807, 2.05) is 31.7 Å². The summed E-state index contributed by atoms with van der Waals surface area (Å²) in [7, 11) is 1.91. The molecular formula is C17H24N4O2. The number of aromatic nitrogens is 3. The van der Waals surface area contributed by atoms with Crippen LogP contribution >= 0.6 is 0 Å². The van der Waals surface area contributed by atoms with Crippen LogP contribution in [-0.4, -0.2) is 26.2 Å². The monoisotopic (exact) mass is 316 g/mol. The number of Topliss-reactive ketones (excluding diaryl/α,β-unsaturated/α-hetero) is 1. The van der Waals surface area contributed by atoms with E-state index in [9.17, 15) is 9.59 Å². The molecule has 0 saturated heterocycles. The molecule has 0 aliphatic heterocycles. The number of carbonyl (C=O) groups is 2. The normalized spacial score (nSPS) is 12.5. The first kappa shape index (κ1) is 17.0. The molecule has 1 amide bonds. The Hall–Kier alpha value is -2.37. The van der Waals surface area contributed by atoms with Gasteiger partial charge in [0, 0.05) is 32.1 Å². The number of aromatic amines is 1. The summed E-state index contributed by atoms with van der Waals surface area (Å²) in [5.74, 6) is 0.734. The van der Waals surface area contributed by atoms with Crippen molar-refractivity contribution in [2.24, 2.45) is 13.0 Å². The summed E-state index contributed by atoms with van der Waals surface area (Å²) in [6.07, 6.45) is 3.58. The Labute approximate surface area is 136 Å². The Balaban J connectivity index is 2.34. The van der Waals surface area contributed by atoms with Crippen LogP contribution in [0.3, 0.4) is 0 Å². The molecule has 0 aliphatic rings. The van der Waals surface area contributed by atoms with Gasteiger partial charge in [0.2, 0.25) is 0 Å². The van der Waals surface area contributed by atoms with Crippen molar-refractivity contribution >= 4 is 11.7 Å². The van der Waals surface area contributed by atoms with Gasteiger partial charge >= 0.3 is 0 Å². The standard InChI is InChI=1S/C17H24N4O2/c1-9(2)14(16-18-7-8-21(16)6)20-17(23)13-10(3)15(12(5)22)19-11(13)4/h7-9,14,19H,1-6H3,(H,20,23). The summed E-state index contributed by atoms with van der Waals surface area (Å²) < 4.78 is 1.91. The average molecular weight is 316 g/mol. The Bertz CT molecular complexity index is 740. The van der Waals surface area contributed by atoms with Gasteiger partial charge in [0.05, 0.1) is 17.3 Å². The lowest BCUT2D eigenvalue weighted by Gasteiger charge is -2.22. The Kier molecular flexibility index (Phi) is 4.73. The number of imidazole rings is 1. The molecule has 2 aromatic rings. The van der Waals surface area contributed by atoms with Crippen LogP contribution < -0.4 is 5.32 Å². The maximum atomic E-state index is 12.8. The summed E-state index contributed by atoms with van der Waals surface area (Å²) >= 11 is 0. The Morgan fingerprint density at radius 2 is 1.96 bits per heavy atom. The zero-order chi connectivity index (χ0) is 17.3. The van der Waals surface area contributed by atoms with Crippen LogP contribution in [-0.2, 0) is 7.05 Å². The number of ketones is 1. The van der Waals surface area contributed by atoms with Gasteiger partial charge in [-0.2, -0.15) is 0 Å². The van der Waals surface area contributed by atoms with Gasteiger partial charge < -0.3 is 14.9 Å². The quantitative estimate of drug-likeness (QED) is 0.832. The van der Waals surface area contributed by atoms with Gasteiger partial charge in [-0.3, -0.25) is 9.59 Å². The van der Waals surface area contributed by atoms with Crippen LogP contribution in [0, 0.1) is 19.8 Å². The van der Waals surface area contributed by atoms with Crippen molar-refractivity contribution in [1.82, 2.24) is 19.9 Å². The van der Waals surface area contributed by atoms with Crippen molar-refractivity contribution < 1.29 is 9.59 Å². The van der Waals surface area contributed by atoms with Crippen LogP contribution in [0.25, 0.3) is 0 Å². The summed E-state index contributed by atoms with van der Waals surface area (Å²) in [4.78, 5) is 31.8. The molecule has 2 heterocycles. The highest BCUT2D eigenvalue weighted by Crippen LogP contribution is 2.23. The van der Waals surface area contributed by atoms with Gasteiger partial charge in [-0.05, 0) is 25.3 Å². The van der Waals surface area contributed by atoms with Gasteiger partial charge in [-0.15, -0.1) is 0 Å². The highest BCUT2D eigenvalue weighted by atomic mass is 16.2. The molecule has 1 unspecified atom stereocenters. The minimum atomic E-state index is -0.197. The minimum Gasteiger partial charge on any atom is -0.355 e. The van der Waals surface area contributed by atoms with Gasteiger partial charge in [0.15, 0.2) is 5.78 Å². The lowest BCUT2D eigenvalue weighted by atomic mass is 10.0. The predicted octanol–water partition coefficient (Wildman–Crippen LogP) is 2.69. The van der Waals surface area contributed by atoms with E-state index >= 15 is 0 Å². The molecule has 2 N–H and O–H groups in total. The van der Waals surface area contributed by atoms with E-state index in [2.05, 4.69) is 15.3 Å². The van der Waals surface area contributed by atoms with Gasteiger partial charge in [-0.25, -0.2) is 4.98 Å². The van der Waals surface area contributed by atoms with Gasteiger partial charge in [0.25, 0.3) is 5.91 Å². The molecule has 6 nitrogen and oxygen atoms in total. The number of hydrogen-bond donors (Lipinski definition) is 2. The number of aryl methyl sites for hydroxylation is 2. The van der Waals surface area contributed by atoms with Crippen molar-refractivity contribution in [3.05, 3.63) is 40.7 Å². The summed E-state index contributed by atoms with van der Waals surface area (Å²) in [6.45, 7) is 9.17. The number of carbonyl (C=O) groups excluding carboxylic acids is 2.